The smallest absolute Gasteiger partial charge is 0.245 e. The van der Waals surface area contributed by atoms with Crippen LogP contribution in [0.5, 0.6) is 0 Å². The summed E-state index contributed by atoms with van der Waals surface area (Å²) in [5.41, 5.74) is 5.78. The molecule has 1 heterocycles. The largest absolute Gasteiger partial charge is 0.398 e. The first-order chi connectivity index (χ1) is 9.32. The molecule has 0 spiro atoms. The van der Waals surface area contributed by atoms with Gasteiger partial charge in [0.05, 0.1) is 5.69 Å². The summed E-state index contributed by atoms with van der Waals surface area (Å²) in [5.74, 6) is 0.514. The lowest BCUT2D eigenvalue weighted by molar-refractivity contribution is 0.226. The van der Waals surface area contributed by atoms with Gasteiger partial charge in [-0.05, 0) is 42.9 Å². The Balaban J connectivity index is 2.22. The van der Waals surface area contributed by atoms with E-state index in [1.807, 2.05) is 0 Å². The van der Waals surface area contributed by atoms with E-state index >= 15 is 0 Å². The molecule has 0 saturated carbocycles. The van der Waals surface area contributed by atoms with Gasteiger partial charge in [-0.3, -0.25) is 0 Å². The van der Waals surface area contributed by atoms with Gasteiger partial charge in [0.25, 0.3) is 0 Å². The Morgan fingerprint density at radius 3 is 2.45 bits per heavy atom. The van der Waals surface area contributed by atoms with Gasteiger partial charge in [-0.15, -0.1) is 0 Å². The number of hydrogen-bond acceptors (Lipinski definition) is 3. The third kappa shape index (κ3) is 2.96. The monoisotopic (exact) mass is 300 g/mol. The molecule has 0 radical (unpaired) electrons. The maximum absolute atomic E-state index is 13.3. The highest BCUT2D eigenvalue weighted by Gasteiger charge is 2.31. The molecule has 0 unspecified atom stereocenters. The minimum Gasteiger partial charge on any atom is -0.398 e. The molecule has 112 valence electrons. The van der Waals surface area contributed by atoms with Crippen molar-refractivity contribution in [1.29, 1.82) is 0 Å². The van der Waals surface area contributed by atoms with Gasteiger partial charge in [-0.1, -0.05) is 13.8 Å². The number of sulfonamides is 1. The number of rotatable bonds is 3. The van der Waals surface area contributed by atoms with Crippen molar-refractivity contribution in [3.63, 3.8) is 0 Å². The van der Waals surface area contributed by atoms with Crippen LogP contribution in [0.4, 0.5) is 10.1 Å². The minimum atomic E-state index is -3.70. The van der Waals surface area contributed by atoms with E-state index in [0.29, 0.717) is 24.9 Å². The minimum absolute atomic E-state index is 0.0948. The van der Waals surface area contributed by atoms with Crippen molar-refractivity contribution < 1.29 is 12.8 Å². The molecule has 0 amide bonds. The standard InChI is InChI=1S/C14H21FN2O2S/c1-10(2)11-5-7-17(8-6-11)20(18,19)14-9-12(15)3-4-13(14)16/h3-4,9-11H,5-8,16H2,1-2H3. The van der Waals surface area contributed by atoms with Gasteiger partial charge in [0.1, 0.15) is 10.7 Å². The molecular formula is C14H21FN2O2S. The Labute approximate surface area is 119 Å². The lowest BCUT2D eigenvalue weighted by Crippen LogP contribution is -2.39. The predicted octanol–water partition coefficient (Wildman–Crippen LogP) is 2.46. The fraction of sp³-hybridized carbons (Fsp3) is 0.571. The third-order valence-electron chi connectivity index (χ3n) is 4.03. The molecule has 1 aromatic carbocycles. The SMILES string of the molecule is CC(C)C1CCN(S(=O)(=O)c2cc(F)ccc2N)CC1. The van der Waals surface area contributed by atoms with E-state index in [9.17, 15) is 12.8 Å². The van der Waals surface area contributed by atoms with Crippen molar-refractivity contribution in [1.82, 2.24) is 4.31 Å². The maximum Gasteiger partial charge on any atom is 0.245 e. The van der Waals surface area contributed by atoms with Crippen LogP contribution < -0.4 is 5.73 Å². The van der Waals surface area contributed by atoms with Crippen LogP contribution >= 0.6 is 0 Å². The topological polar surface area (TPSA) is 63.4 Å². The predicted molar refractivity (Wildman–Crippen MR) is 77.1 cm³/mol. The Bertz CT molecular complexity index is 579. The molecule has 1 aliphatic heterocycles. The van der Waals surface area contributed by atoms with E-state index in [1.54, 1.807) is 0 Å². The molecule has 1 aromatic rings. The second-order valence-electron chi connectivity index (χ2n) is 5.67. The van der Waals surface area contributed by atoms with E-state index in [0.717, 1.165) is 18.9 Å². The van der Waals surface area contributed by atoms with Crippen molar-refractivity contribution in [3.8, 4) is 0 Å². The van der Waals surface area contributed by atoms with E-state index in [4.69, 9.17) is 5.73 Å². The lowest BCUT2D eigenvalue weighted by atomic mass is 9.87. The van der Waals surface area contributed by atoms with Crippen LogP contribution in [0.15, 0.2) is 23.1 Å². The van der Waals surface area contributed by atoms with Gasteiger partial charge in [0, 0.05) is 13.1 Å². The van der Waals surface area contributed by atoms with Crippen LogP contribution in [0.25, 0.3) is 0 Å². The number of hydrogen-bond donors (Lipinski definition) is 1. The van der Waals surface area contributed by atoms with Gasteiger partial charge >= 0.3 is 0 Å². The Morgan fingerprint density at radius 2 is 1.90 bits per heavy atom. The van der Waals surface area contributed by atoms with Gasteiger partial charge in [0.2, 0.25) is 10.0 Å². The fourth-order valence-electron chi connectivity index (χ4n) is 2.65. The summed E-state index contributed by atoms with van der Waals surface area (Å²) in [6.45, 7) is 5.25. The normalized spacial score (nSPS) is 18.6. The molecule has 0 aliphatic carbocycles. The number of piperidine rings is 1. The number of nitrogens with two attached hydrogens (primary N) is 1. The quantitative estimate of drug-likeness (QED) is 0.872. The molecule has 1 aliphatic rings. The molecular weight excluding hydrogens is 279 g/mol. The number of benzene rings is 1. The molecule has 2 N–H and O–H groups in total. The molecule has 2 rings (SSSR count). The molecule has 1 fully saturated rings. The zero-order valence-electron chi connectivity index (χ0n) is 11.8. The summed E-state index contributed by atoms with van der Waals surface area (Å²) in [6.07, 6.45) is 1.68. The molecule has 0 atom stereocenters. The molecule has 0 bridgehead atoms. The second kappa shape index (κ2) is 5.69. The summed E-state index contributed by atoms with van der Waals surface area (Å²) in [6, 6.07) is 3.46. The van der Waals surface area contributed by atoms with Gasteiger partial charge in [-0.25, -0.2) is 12.8 Å². The van der Waals surface area contributed by atoms with Crippen LogP contribution in [0.2, 0.25) is 0 Å². The van der Waals surface area contributed by atoms with Crippen molar-refractivity contribution in [2.45, 2.75) is 31.6 Å². The third-order valence-corrected chi connectivity index (χ3v) is 5.99. The summed E-state index contributed by atoms with van der Waals surface area (Å²) < 4.78 is 39.7. The van der Waals surface area contributed by atoms with Crippen molar-refractivity contribution >= 4 is 15.7 Å². The average Bonchev–Trinajstić information content (AvgIpc) is 2.41. The molecule has 20 heavy (non-hydrogen) atoms. The molecule has 6 heteroatoms. The second-order valence-corrected chi connectivity index (χ2v) is 7.57. The van der Waals surface area contributed by atoms with Gasteiger partial charge < -0.3 is 5.73 Å². The van der Waals surface area contributed by atoms with Crippen LogP contribution in [0, 0.1) is 17.7 Å². The Kier molecular flexibility index (Phi) is 4.34. The van der Waals surface area contributed by atoms with Crippen LogP contribution in [-0.4, -0.2) is 25.8 Å². The lowest BCUT2D eigenvalue weighted by Gasteiger charge is -2.33. The van der Waals surface area contributed by atoms with Crippen LogP contribution in [0.1, 0.15) is 26.7 Å². The molecule has 4 nitrogen and oxygen atoms in total. The number of nitrogen functional groups attached to an aromatic ring is 1. The van der Waals surface area contributed by atoms with Crippen LogP contribution in [-0.2, 0) is 10.0 Å². The average molecular weight is 300 g/mol. The first kappa shape index (κ1) is 15.3. The van der Waals surface area contributed by atoms with Crippen molar-refractivity contribution in [3.05, 3.63) is 24.0 Å². The van der Waals surface area contributed by atoms with Crippen molar-refractivity contribution in [2.24, 2.45) is 11.8 Å². The summed E-state index contributed by atoms with van der Waals surface area (Å²) in [5, 5.41) is 0. The number of anilines is 1. The fourth-order valence-corrected chi connectivity index (χ4v) is 4.25. The highest BCUT2D eigenvalue weighted by atomic mass is 32.2. The zero-order valence-corrected chi connectivity index (χ0v) is 12.7. The Morgan fingerprint density at radius 1 is 1.30 bits per heavy atom. The van der Waals surface area contributed by atoms with E-state index in [-0.39, 0.29) is 10.6 Å². The number of halogens is 1. The van der Waals surface area contributed by atoms with E-state index < -0.39 is 15.8 Å². The van der Waals surface area contributed by atoms with Crippen LogP contribution in [0.3, 0.4) is 0 Å². The number of nitrogens with zero attached hydrogens (tertiary/aromatic N) is 1. The summed E-state index contributed by atoms with van der Waals surface area (Å²) in [7, 11) is -3.70. The highest BCUT2D eigenvalue weighted by molar-refractivity contribution is 7.89. The van der Waals surface area contributed by atoms with Gasteiger partial charge in [-0.2, -0.15) is 4.31 Å². The van der Waals surface area contributed by atoms with E-state index in [2.05, 4.69) is 13.8 Å². The molecule has 1 saturated heterocycles. The molecule has 0 aromatic heterocycles. The van der Waals surface area contributed by atoms with Crippen molar-refractivity contribution in [2.75, 3.05) is 18.8 Å². The zero-order chi connectivity index (χ0) is 14.9. The first-order valence-electron chi connectivity index (χ1n) is 6.87. The Hall–Kier alpha value is -1.14. The summed E-state index contributed by atoms with van der Waals surface area (Å²) >= 11 is 0. The van der Waals surface area contributed by atoms with Gasteiger partial charge in [0.15, 0.2) is 0 Å². The van der Waals surface area contributed by atoms with E-state index in [1.165, 1.54) is 16.4 Å². The first-order valence-corrected chi connectivity index (χ1v) is 8.31. The highest BCUT2D eigenvalue weighted by Crippen LogP contribution is 2.30. The summed E-state index contributed by atoms with van der Waals surface area (Å²) in [4.78, 5) is -0.125. The maximum atomic E-state index is 13.3.